The van der Waals surface area contributed by atoms with Crippen LogP contribution in [0.2, 0.25) is 0 Å². The van der Waals surface area contributed by atoms with Gasteiger partial charge in [-0.15, -0.1) is 0 Å². The lowest BCUT2D eigenvalue weighted by Crippen LogP contribution is -2.24. The Morgan fingerprint density at radius 3 is 2.81 bits per heavy atom. The number of pyridine rings is 1. The lowest BCUT2D eigenvalue weighted by atomic mass is 10.2. The highest BCUT2D eigenvalue weighted by Crippen LogP contribution is 2.26. The fraction of sp³-hybridized carbons (Fsp3) is 0.154. The predicted molar refractivity (Wildman–Crippen MR) is 81.5 cm³/mol. The Morgan fingerprint density at radius 1 is 1.43 bits per heavy atom. The fourth-order valence-electron chi connectivity index (χ4n) is 1.70. The van der Waals surface area contributed by atoms with Crippen molar-refractivity contribution in [3.8, 4) is 0 Å². The number of nitrogens with one attached hydrogen (secondary N) is 1. The number of rotatable bonds is 4. The zero-order valence-electron chi connectivity index (χ0n) is 11.1. The van der Waals surface area contributed by atoms with E-state index in [1.54, 1.807) is 18.5 Å². The van der Waals surface area contributed by atoms with Crippen LogP contribution in [0.15, 0.2) is 40.0 Å². The van der Waals surface area contributed by atoms with Crippen LogP contribution in [-0.2, 0) is 16.6 Å². The van der Waals surface area contributed by atoms with E-state index in [0.29, 0.717) is 4.47 Å². The Labute approximate surface area is 130 Å². The van der Waals surface area contributed by atoms with E-state index in [9.17, 15) is 12.8 Å². The monoisotopic (exact) mass is 373 g/mol. The molecule has 0 aliphatic carbocycles. The average Bonchev–Trinajstić information content (AvgIpc) is 2.42. The molecular weight excluding hydrogens is 361 g/mol. The molecule has 0 saturated carbocycles. The molecule has 0 atom stereocenters. The third kappa shape index (κ3) is 3.58. The molecule has 0 saturated heterocycles. The normalized spacial score (nSPS) is 11.6. The van der Waals surface area contributed by atoms with Crippen LogP contribution < -0.4 is 10.5 Å². The number of halogens is 2. The lowest BCUT2D eigenvalue weighted by molar-refractivity contribution is 0.556. The topological polar surface area (TPSA) is 85.1 Å². The van der Waals surface area contributed by atoms with Gasteiger partial charge in [0.15, 0.2) is 0 Å². The van der Waals surface area contributed by atoms with Crippen LogP contribution in [0.4, 0.5) is 10.1 Å². The van der Waals surface area contributed by atoms with Gasteiger partial charge in [-0.1, -0.05) is 0 Å². The van der Waals surface area contributed by atoms with Crippen LogP contribution >= 0.6 is 15.9 Å². The highest BCUT2D eigenvalue weighted by Gasteiger charge is 2.20. The van der Waals surface area contributed by atoms with Crippen molar-refractivity contribution in [2.45, 2.75) is 18.4 Å². The molecule has 0 radical (unpaired) electrons. The standard InChI is InChI=1S/C13H13BrFN3O2S/c1-8-6-17-3-2-9(8)7-18-21(19,20)13-5-12(16)10(14)4-11(13)15/h2-6,18H,7,16H2,1H3. The molecule has 2 aromatic rings. The molecule has 3 N–H and O–H groups in total. The van der Waals surface area contributed by atoms with Crippen molar-refractivity contribution in [3.05, 3.63) is 52.0 Å². The first-order valence-corrected chi connectivity index (χ1v) is 8.22. The molecule has 1 aromatic heterocycles. The first-order chi connectivity index (χ1) is 9.81. The van der Waals surface area contributed by atoms with Crippen LogP contribution in [0.5, 0.6) is 0 Å². The molecule has 5 nitrogen and oxygen atoms in total. The van der Waals surface area contributed by atoms with Crippen LogP contribution in [0, 0.1) is 12.7 Å². The quantitative estimate of drug-likeness (QED) is 0.805. The highest BCUT2D eigenvalue weighted by atomic mass is 79.9. The number of benzene rings is 1. The second-order valence-corrected chi connectivity index (χ2v) is 7.02. The maximum absolute atomic E-state index is 13.8. The molecule has 0 fully saturated rings. The summed E-state index contributed by atoms with van der Waals surface area (Å²) in [4.78, 5) is 3.45. The number of nitrogens with zero attached hydrogens (tertiary/aromatic N) is 1. The molecule has 0 spiro atoms. The number of nitrogen functional groups attached to an aromatic ring is 1. The molecule has 2 rings (SSSR count). The summed E-state index contributed by atoms with van der Waals surface area (Å²) >= 11 is 3.04. The number of aryl methyl sites for hydroxylation is 1. The van der Waals surface area contributed by atoms with Gasteiger partial charge in [0.05, 0.1) is 0 Å². The summed E-state index contributed by atoms with van der Waals surface area (Å²) in [5.74, 6) is -0.866. The van der Waals surface area contributed by atoms with E-state index in [1.165, 1.54) is 0 Å². The Bertz CT molecular complexity index is 781. The minimum Gasteiger partial charge on any atom is -0.398 e. The Morgan fingerprint density at radius 2 is 2.14 bits per heavy atom. The molecule has 21 heavy (non-hydrogen) atoms. The van der Waals surface area contributed by atoms with E-state index < -0.39 is 20.7 Å². The summed E-state index contributed by atoms with van der Waals surface area (Å²) in [7, 11) is -3.99. The van der Waals surface area contributed by atoms with Crippen molar-refractivity contribution in [1.29, 1.82) is 0 Å². The van der Waals surface area contributed by atoms with Crippen LogP contribution in [0.25, 0.3) is 0 Å². The third-order valence-electron chi connectivity index (χ3n) is 2.93. The Kier molecular flexibility index (Phi) is 4.60. The molecular formula is C13H13BrFN3O2S. The second kappa shape index (κ2) is 6.08. The zero-order chi connectivity index (χ0) is 15.6. The first-order valence-electron chi connectivity index (χ1n) is 5.95. The van der Waals surface area contributed by atoms with Crippen LogP contribution in [0.1, 0.15) is 11.1 Å². The second-order valence-electron chi connectivity index (χ2n) is 4.43. The van der Waals surface area contributed by atoms with E-state index in [-0.39, 0.29) is 12.2 Å². The number of anilines is 1. The van der Waals surface area contributed by atoms with E-state index in [1.807, 2.05) is 6.92 Å². The minimum absolute atomic E-state index is 0.0477. The van der Waals surface area contributed by atoms with Crippen LogP contribution in [0.3, 0.4) is 0 Å². The van der Waals surface area contributed by atoms with Gasteiger partial charge in [0, 0.05) is 29.1 Å². The highest BCUT2D eigenvalue weighted by molar-refractivity contribution is 9.10. The molecule has 0 aliphatic rings. The van der Waals surface area contributed by atoms with Gasteiger partial charge in [0.1, 0.15) is 10.7 Å². The largest absolute Gasteiger partial charge is 0.398 e. The van der Waals surface area contributed by atoms with E-state index in [0.717, 1.165) is 23.3 Å². The SMILES string of the molecule is Cc1cnccc1CNS(=O)(=O)c1cc(N)c(Br)cc1F. The fourth-order valence-corrected chi connectivity index (χ4v) is 3.12. The Hall–Kier alpha value is -1.51. The maximum Gasteiger partial charge on any atom is 0.243 e. The lowest BCUT2D eigenvalue weighted by Gasteiger charge is -2.10. The minimum atomic E-state index is -3.99. The van der Waals surface area contributed by atoms with Crippen molar-refractivity contribution >= 4 is 31.6 Å². The van der Waals surface area contributed by atoms with Gasteiger partial charge in [-0.05, 0) is 52.2 Å². The number of aromatic nitrogens is 1. The summed E-state index contributed by atoms with van der Waals surface area (Å²) in [6.07, 6.45) is 3.19. The summed E-state index contributed by atoms with van der Waals surface area (Å²) in [6, 6.07) is 3.81. The molecule has 0 bridgehead atoms. The number of hydrogen-bond acceptors (Lipinski definition) is 4. The molecule has 0 unspecified atom stereocenters. The van der Waals surface area contributed by atoms with Crippen molar-refractivity contribution in [1.82, 2.24) is 9.71 Å². The van der Waals surface area contributed by atoms with E-state index >= 15 is 0 Å². The molecule has 0 aliphatic heterocycles. The summed E-state index contributed by atoms with van der Waals surface area (Å²) in [5.41, 5.74) is 7.36. The predicted octanol–water partition coefficient (Wildman–Crippen LogP) is 2.35. The van der Waals surface area contributed by atoms with Gasteiger partial charge in [-0.3, -0.25) is 4.98 Å². The van der Waals surface area contributed by atoms with Gasteiger partial charge >= 0.3 is 0 Å². The van der Waals surface area contributed by atoms with Crippen molar-refractivity contribution < 1.29 is 12.8 Å². The summed E-state index contributed by atoms with van der Waals surface area (Å²) in [6.45, 7) is 1.86. The van der Waals surface area contributed by atoms with Crippen molar-refractivity contribution in [2.24, 2.45) is 0 Å². The van der Waals surface area contributed by atoms with Gasteiger partial charge in [-0.25, -0.2) is 17.5 Å². The zero-order valence-corrected chi connectivity index (χ0v) is 13.5. The summed E-state index contributed by atoms with van der Waals surface area (Å²) in [5, 5.41) is 0. The number of nitrogens with two attached hydrogens (primary N) is 1. The van der Waals surface area contributed by atoms with Crippen LogP contribution in [-0.4, -0.2) is 13.4 Å². The molecule has 1 aromatic carbocycles. The first kappa shape index (κ1) is 15.9. The van der Waals surface area contributed by atoms with Gasteiger partial charge in [0.2, 0.25) is 10.0 Å². The van der Waals surface area contributed by atoms with Gasteiger partial charge < -0.3 is 5.73 Å². The van der Waals surface area contributed by atoms with Gasteiger partial charge in [-0.2, -0.15) is 0 Å². The van der Waals surface area contributed by atoms with E-state index in [4.69, 9.17) is 5.73 Å². The average molecular weight is 374 g/mol. The molecule has 112 valence electrons. The smallest absolute Gasteiger partial charge is 0.243 e. The molecule has 8 heteroatoms. The molecule has 1 heterocycles. The van der Waals surface area contributed by atoms with Gasteiger partial charge in [0.25, 0.3) is 0 Å². The maximum atomic E-state index is 13.8. The number of hydrogen-bond donors (Lipinski definition) is 2. The van der Waals surface area contributed by atoms with Crippen molar-refractivity contribution in [2.75, 3.05) is 5.73 Å². The molecule has 0 amide bonds. The van der Waals surface area contributed by atoms with E-state index in [2.05, 4.69) is 25.6 Å². The summed E-state index contributed by atoms with van der Waals surface area (Å²) < 4.78 is 40.8. The van der Waals surface area contributed by atoms with Crippen molar-refractivity contribution in [3.63, 3.8) is 0 Å². The number of sulfonamides is 1. The third-order valence-corrected chi connectivity index (χ3v) is 5.03. The Balaban J connectivity index is 2.27.